The zero-order valence-corrected chi connectivity index (χ0v) is 17.7. The van der Waals surface area contributed by atoms with E-state index in [1.807, 2.05) is 58.8 Å². The largest absolute Gasteiger partial charge is 0.495 e. The molecule has 2 aromatic carbocycles. The highest BCUT2D eigenvalue weighted by Crippen LogP contribution is 2.37. The van der Waals surface area contributed by atoms with Crippen LogP contribution in [-0.4, -0.2) is 31.4 Å². The van der Waals surface area contributed by atoms with Gasteiger partial charge in [-0.3, -0.25) is 0 Å². The van der Waals surface area contributed by atoms with Crippen LogP contribution in [0.15, 0.2) is 55.0 Å². The van der Waals surface area contributed by atoms with Gasteiger partial charge in [0, 0.05) is 29.2 Å². The fourth-order valence-corrected chi connectivity index (χ4v) is 4.38. The Morgan fingerprint density at radius 3 is 2.80 bits per heavy atom. The highest BCUT2D eigenvalue weighted by Gasteiger charge is 2.27. The minimum Gasteiger partial charge on any atom is -0.495 e. The van der Waals surface area contributed by atoms with Crippen molar-refractivity contribution in [2.24, 2.45) is 0 Å². The molecule has 0 radical (unpaired) electrons. The van der Waals surface area contributed by atoms with E-state index >= 15 is 0 Å². The molecule has 0 unspecified atom stereocenters. The second-order valence-corrected chi connectivity index (χ2v) is 7.95. The van der Waals surface area contributed by atoms with Gasteiger partial charge in [0.15, 0.2) is 5.82 Å². The van der Waals surface area contributed by atoms with Crippen LogP contribution < -0.4 is 4.74 Å². The molecule has 0 amide bonds. The molecule has 0 N–H and O–H groups in total. The number of rotatable bonds is 4. The van der Waals surface area contributed by atoms with Crippen molar-refractivity contribution in [3.8, 4) is 22.8 Å². The van der Waals surface area contributed by atoms with Gasteiger partial charge in [-0.15, -0.1) is 0 Å². The zero-order chi connectivity index (χ0) is 20.7. The van der Waals surface area contributed by atoms with E-state index in [0.29, 0.717) is 5.82 Å². The predicted octanol–water partition coefficient (Wildman–Crippen LogP) is 5.03. The first kappa shape index (κ1) is 18.9. The van der Waals surface area contributed by atoms with Gasteiger partial charge in [0.1, 0.15) is 11.6 Å². The summed E-state index contributed by atoms with van der Waals surface area (Å²) >= 11 is 6.48. The molecule has 0 saturated carbocycles. The summed E-state index contributed by atoms with van der Waals surface area (Å²) in [4.78, 5) is 9.23. The van der Waals surface area contributed by atoms with E-state index in [1.165, 1.54) is 0 Å². The SMILES string of the molecule is COc1cc(-c2nc3n(n2)CCC[C@@H]3c2ccccc2Cl)ccc1-n1cnc(C)c1. The number of halogens is 1. The first-order chi connectivity index (χ1) is 14.6. The van der Waals surface area contributed by atoms with Crippen molar-refractivity contribution in [3.63, 3.8) is 0 Å². The normalized spacial score (nSPS) is 15.8. The van der Waals surface area contributed by atoms with Crippen molar-refractivity contribution < 1.29 is 4.74 Å². The van der Waals surface area contributed by atoms with Crippen LogP contribution >= 0.6 is 11.6 Å². The van der Waals surface area contributed by atoms with E-state index in [9.17, 15) is 0 Å². The molecule has 0 bridgehead atoms. The lowest BCUT2D eigenvalue weighted by Crippen LogP contribution is -2.18. The van der Waals surface area contributed by atoms with Gasteiger partial charge >= 0.3 is 0 Å². The van der Waals surface area contributed by atoms with Crippen LogP contribution in [0, 0.1) is 6.92 Å². The van der Waals surface area contributed by atoms with E-state index in [2.05, 4.69) is 11.1 Å². The number of methoxy groups -OCH3 is 1. The molecule has 152 valence electrons. The molecular formula is C23H22ClN5O. The van der Waals surface area contributed by atoms with Gasteiger partial charge in [-0.1, -0.05) is 29.8 Å². The van der Waals surface area contributed by atoms with Crippen molar-refractivity contribution >= 4 is 11.6 Å². The minimum atomic E-state index is 0.156. The third kappa shape index (κ3) is 3.27. The number of aryl methyl sites for hydroxylation is 2. The molecule has 6 nitrogen and oxygen atoms in total. The fourth-order valence-electron chi connectivity index (χ4n) is 4.11. The maximum atomic E-state index is 6.48. The lowest BCUT2D eigenvalue weighted by atomic mass is 9.91. The summed E-state index contributed by atoms with van der Waals surface area (Å²) in [5.74, 6) is 2.58. The van der Waals surface area contributed by atoms with Gasteiger partial charge in [-0.05, 0) is 49.6 Å². The van der Waals surface area contributed by atoms with E-state index in [1.54, 1.807) is 13.4 Å². The van der Waals surface area contributed by atoms with Gasteiger partial charge in [-0.2, -0.15) is 5.10 Å². The minimum absolute atomic E-state index is 0.156. The highest BCUT2D eigenvalue weighted by molar-refractivity contribution is 6.31. The van der Waals surface area contributed by atoms with Crippen LogP contribution in [0.4, 0.5) is 0 Å². The number of aromatic nitrogens is 5. The second-order valence-electron chi connectivity index (χ2n) is 7.54. The molecule has 30 heavy (non-hydrogen) atoms. The van der Waals surface area contributed by atoms with Crippen LogP contribution in [0.5, 0.6) is 5.75 Å². The molecule has 1 aliphatic rings. The van der Waals surface area contributed by atoms with E-state index in [4.69, 9.17) is 26.4 Å². The Hall–Kier alpha value is -3.12. The van der Waals surface area contributed by atoms with Crippen LogP contribution in [0.2, 0.25) is 5.02 Å². The van der Waals surface area contributed by atoms with Crippen LogP contribution in [0.25, 0.3) is 17.1 Å². The Morgan fingerprint density at radius 1 is 1.17 bits per heavy atom. The van der Waals surface area contributed by atoms with Gasteiger partial charge in [0.25, 0.3) is 0 Å². The number of benzene rings is 2. The maximum Gasteiger partial charge on any atom is 0.181 e. The van der Waals surface area contributed by atoms with Crippen LogP contribution in [0.3, 0.4) is 0 Å². The first-order valence-corrected chi connectivity index (χ1v) is 10.4. The summed E-state index contributed by atoms with van der Waals surface area (Å²) in [5.41, 5.74) is 3.92. The smallest absolute Gasteiger partial charge is 0.181 e. The number of hydrogen-bond acceptors (Lipinski definition) is 4. The molecule has 5 rings (SSSR count). The Morgan fingerprint density at radius 2 is 2.03 bits per heavy atom. The number of ether oxygens (including phenoxy) is 1. The summed E-state index contributed by atoms with van der Waals surface area (Å²) in [7, 11) is 1.67. The Labute approximate surface area is 180 Å². The maximum absolute atomic E-state index is 6.48. The van der Waals surface area contributed by atoms with Gasteiger partial charge in [0.05, 0.1) is 24.8 Å². The molecule has 0 saturated heterocycles. The van der Waals surface area contributed by atoms with E-state index in [0.717, 1.165) is 58.5 Å². The number of hydrogen-bond donors (Lipinski definition) is 0. The zero-order valence-electron chi connectivity index (χ0n) is 16.9. The molecule has 0 fully saturated rings. The third-order valence-corrected chi connectivity index (χ3v) is 5.93. The predicted molar refractivity (Wildman–Crippen MR) is 116 cm³/mol. The van der Waals surface area contributed by atoms with E-state index in [-0.39, 0.29) is 5.92 Å². The topological polar surface area (TPSA) is 57.8 Å². The van der Waals surface area contributed by atoms with Crippen molar-refractivity contribution in [2.45, 2.75) is 32.2 Å². The summed E-state index contributed by atoms with van der Waals surface area (Å²) in [6.07, 6.45) is 5.83. The summed E-state index contributed by atoms with van der Waals surface area (Å²) in [6.45, 7) is 2.83. The molecule has 7 heteroatoms. The molecule has 0 aliphatic carbocycles. The van der Waals surface area contributed by atoms with Crippen molar-refractivity contribution in [1.29, 1.82) is 0 Å². The lowest BCUT2D eigenvalue weighted by molar-refractivity contribution is 0.413. The molecule has 3 heterocycles. The van der Waals surface area contributed by atoms with Crippen molar-refractivity contribution in [3.05, 3.63) is 77.1 Å². The molecule has 2 aromatic heterocycles. The van der Waals surface area contributed by atoms with Crippen LogP contribution in [-0.2, 0) is 6.54 Å². The molecule has 1 aliphatic heterocycles. The number of imidazole rings is 1. The molecule has 0 spiro atoms. The van der Waals surface area contributed by atoms with Gasteiger partial charge < -0.3 is 9.30 Å². The monoisotopic (exact) mass is 419 g/mol. The lowest BCUT2D eigenvalue weighted by Gasteiger charge is -2.23. The number of fused-ring (bicyclic) bond motifs is 1. The summed E-state index contributed by atoms with van der Waals surface area (Å²) < 4.78 is 9.63. The second kappa shape index (κ2) is 7.61. The van der Waals surface area contributed by atoms with Gasteiger partial charge in [-0.25, -0.2) is 14.6 Å². The molecule has 1 atom stereocenters. The highest BCUT2D eigenvalue weighted by atomic mass is 35.5. The van der Waals surface area contributed by atoms with Crippen LogP contribution in [0.1, 0.15) is 35.8 Å². The first-order valence-electron chi connectivity index (χ1n) is 10.0. The average molecular weight is 420 g/mol. The van der Waals surface area contributed by atoms with Gasteiger partial charge in [0.2, 0.25) is 0 Å². The number of nitrogens with zero attached hydrogens (tertiary/aromatic N) is 5. The average Bonchev–Trinajstić information content (AvgIpc) is 3.40. The quantitative estimate of drug-likeness (QED) is 0.465. The summed E-state index contributed by atoms with van der Waals surface area (Å²) in [6, 6.07) is 14.0. The molecular weight excluding hydrogens is 398 g/mol. The third-order valence-electron chi connectivity index (χ3n) is 5.58. The molecule has 4 aromatic rings. The Bertz CT molecular complexity index is 1210. The van der Waals surface area contributed by atoms with E-state index < -0.39 is 0 Å². The summed E-state index contributed by atoms with van der Waals surface area (Å²) in [5, 5.41) is 5.58. The standard InChI is InChI=1S/C23H22ClN5O/c1-15-13-28(14-25-15)20-10-9-16(12-21(20)30-2)22-26-23-18(7-5-11-29(23)27-22)17-6-3-4-8-19(17)24/h3-4,6,8-10,12-14,18H,5,7,11H2,1-2H3/t18-/m1/s1. The van der Waals surface area contributed by atoms with Crippen molar-refractivity contribution in [2.75, 3.05) is 7.11 Å². The van der Waals surface area contributed by atoms with Crippen molar-refractivity contribution in [1.82, 2.24) is 24.3 Å². The Kier molecular flexibility index (Phi) is 4.79. The Balaban J connectivity index is 1.54. The fraction of sp³-hybridized carbons (Fsp3) is 0.261.